The van der Waals surface area contributed by atoms with Gasteiger partial charge in [0.05, 0.1) is 15.6 Å². The van der Waals surface area contributed by atoms with Gasteiger partial charge in [0.1, 0.15) is 18.5 Å². The highest BCUT2D eigenvalue weighted by Crippen LogP contribution is 2.35. The Morgan fingerprint density at radius 3 is 2.70 bits per heavy atom. The summed E-state index contributed by atoms with van der Waals surface area (Å²) in [5, 5.41) is 0. The second kappa shape index (κ2) is 7.75. The van der Waals surface area contributed by atoms with E-state index in [0.717, 1.165) is 46.5 Å². The molecule has 2 N–H and O–H groups in total. The summed E-state index contributed by atoms with van der Waals surface area (Å²) in [4.78, 5) is 2.37. The number of morpholine rings is 1. The van der Waals surface area contributed by atoms with Crippen LogP contribution in [0.4, 0.5) is 0 Å². The van der Waals surface area contributed by atoms with Crippen LogP contribution in [0, 0.1) is 0 Å². The van der Waals surface area contributed by atoms with Crippen LogP contribution in [-0.2, 0) is 11.3 Å². The van der Waals surface area contributed by atoms with Crippen molar-refractivity contribution < 1.29 is 9.47 Å². The molecule has 0 aromatic heterocycles. The molecule has 0 spiro atoms. The number of halogens is 2. The minimum atomic E-state index is 0.122. The van der Waals surface area contributed by atoms with Gasteiger partial charge in [-0.1, -0.05) is 6.92 Å². The van der Waals surface area contributed by atoms with Crippen molar-refractivity contribution in [1.82, 2.24) is 4.90 Å². The van der Waals surface area contributed by atoms with E-state index in [1.165, 1.54) is 0 Å². The van der Waals surface area contributed by atoms with Gasteiger partial charge in [-0.25, -0.2) is 0 Å². The second-order valence-corrected chi connectivity index (χ2v) is 6.50. The van der Waals surface area contributed by atoms with Crippen molar-refractivity contribution in [2.75, 3.05) is 32.8 Å². The Morgan fingerprint density at radius 1 is 1.40 bits per heavy atom. The summed E-state index contributed by atoms with van der Waals surface area (Å²) in [6.45, 7) is 6.99. The summed E-state index contributed by atoms with van der Waals surface area (Å²) in [6, 6.07) is 3.97. The lowest BCUT2D eigenvalue weighted by Crippen LogP contribution is -2.44. The van der Waals surface area contributed by atoms with Crippen molar-refractivity contribution in [2.45, 2.75) is 19.6 Å². The average Bonchev–Trinajstić information content (AvgIpc) is 2.46. The van der Waals surface area contributed by atoms with Gasteiger partial charge >= 0.3 is 0 Å². The quantitative estimate of drug-likeness (QED) is 0.815. The van der Waals surface area contributed by atoms with Gasteiger partial charge in [0.2, 0.25) is 0 Å². The molecular weight excluding hydrogens is 388 g/mol. The first kappa shape index (κ1) is 16.2. The molecule has 0 amide bonds. The summed E-state index contributed by atoms with van der Waals surface area (Å²) in [6.07, 6.45) is 0.122. The molecule has 1 saturated heterocycles. The topological polar surface area (TPSA) is 47.7 Å². The third-order valence-corrected chi connectivity index (χ3v) is 4.56. The van der Waals surface area contributed by atoms with Gasteiger partial charge in [0.15, 0.2) is 0 Å². The molecule has 20 heavy (non-hydrogen) atoms. The maximum absolute atomic E-state index is 5.91. The van der Waals surface area contributed by atoms with Crippen LogP contribution in [0.1, 0.15) is 12.5 Å². The molecule has 2 rings (SSSR count). The van der Waals surface area contributed by atoms with Crippen LogP contribution in [0.3, 0.4) is 0 Å². The summed E-state index contributed by atoms with van der Waals surface area (Å²) in [7, 11) is 0. The first-order chi connectivity index (χ1) is 9.63. The van der Waals surface area contributed by atoms with Crippen LogP contribution in [0.2, 0.25) is 0 Å². The Hall–Kier alpha value is -0.140. The molecule has 0 radical (unpaired) electrons. The monoisotopic (exact) mass is 406 g/mol. The Labute approximate surface area is 136 Å². The summed E-state index contributed by atoms with van der Waals surface area (Å²) < 4.78 is 13.5. The highest BCUT2D eigenvalue weighted by Gasteiger charge is 2.20. The van der Waals surface area contributed by atoms with Crippen LogP contribution in [0.5, 0.6) is 5.75 Å². The number of likely N-dealkylation sites (N-methyl/N-ethyl adjacent to an activating group) is 1. The van der Waals surface area contributed by atoms with E-state index in [-0.39, 0.29) is 6.10 Å². The molecule has 1 heterocycles. The van der Waals surface area contributed by atoms with E-state index in [1.54, 1.807) is 0 Å². The van der Waals surface area contributed by atoms with Crippen LogP contribution < -0.4 is 10.5 Å². The molecule has 0 saturated carbocycles. The molecule has 0 bridgehead atoms. The van der Waals surface area contributed by atoms with Crippen LogP contribution in [0.25, 0.3) is 0 Å². The van der Waals surface area contributed by atoms with Crippen molar-refractivity contribution in [3.63, 3.8) is 0 Å². The lowest BCUT2D eigenvalue weighted by Gasteiger charge is -2.32. The number of hydrogen-bond donors (Lipinski definition) is 1. The van der Waals surface area contributed by atoms with E-state index >= 15 is 0 Å². The number of ether oxygens (including phenoxy) is 2. The van der Waals surface area contributed by atoms with E-state index < -0.39 is 0 Å². The van der Waals surface area contributed by atoms with E-state index in [1.807, 2.05) is 12.1 Å². The third-order valence-electron chi connectivity index (χ3n) is 3.38. The Bertz CT molecular complexity index is 434. The van der Waals surface area contributed by atoms with Crippen molar-refractivity contribution in [3.05, 3.63) is 26.6 Å². The normalized spacial score (nSPS) is 20.1. The highest BCUT2D eigenvalue weighted by atomic mass is 79.9. The summed E-state index contributed by atoms with van der Waals surface area (Å²) in [5.74, 6) is 0.805. The molecule has 1 aromatic rings. The van der Waals surface area contributed by atoms with Gasteiger partial charge < -0.3 is 15.2 Å². The van der Waals surface area contributed by atoms with Crippen LogP contribution in [0.15, 0.2) is 21.1 Å². The summed E-state index contributed by atoms with van der Waals surface area (Å²) >= 11 is 7.06. The highest BCUT2D eigenvalue weighted by molar-refractivity contribution is 9.11. The van der Waals surface area contributed by atoms with Gasteiger partial charge in [-0.2, -0.15) is 0 Å². The van der Waals surface area contributed by atoms with Gasteiger partial charge in [0.25, 0.3) is 0 Å². The molecular formula is C14H20Br2N2O2. The minimum absolute atomic E-state index is 0.122. The standard InChI is InChI=1S/C14H20Br2N2O2/c1-2-18-3-4-19-11(8-18)9-20-14-12(15)5-10(7-17)6-13(14)16/h5-6,11H,2-4,7-9,17H2,1H3. The zero-order chi connectivity index (χ0) is 14.5. The van der Waals surface area contributed by atoms with Crippen molar-refractivity contribution in [3.8, 4) is 5.75 Å². The molecule has 0 aliphatic carbocycles. The number of rotatable bonds is 5. The Balaban J connectivity index is 1.97. The Kier molecular flexibility index (Phi) is 6.29. The van der Waals surface area contributed by atoms with Gasteiger partial charge in [0, 0.05) is 19.6 Å². The van der Waals surface area contributed by atoms with Crippen molar-refractivity contribution >= 4 is 31.9 Å². The largest absolute Gasteiger partial charge is 0.488 e. The number of nitrogens with two attached hydrogens (primary N) is 1. The lowest BCUT2D eigenvalue weighted by atomic mass is 10.2. The number of nitrogens with zero attached hydrogens (tertiary/aromatic N) is 1. The zero-order valence-corrected chi connectivity index (χ0v) is 14.7. The third kappa shape index (κ3) is 4.18. The maximum atomic E-state index is 5.91. The molecule has 1 aliphatic rings. The fraction of sp³-hybridized carbons (Fsp3) is 0.571. The molecule has 1 atom stereocenters. The maximum Gasteiger partial charge on any atom is 0.147 e. The molecule has 6 heteroatoms. The van der Waals surface area contributed by atoms with Crippen LogP contribution in [-0.4, -0.2) is 43.9 Å². The SMILES string of the molecule is CCN1CCOC(COc2c(Br)cc(CN)cc2Br)C1. The first-order valence-electron chi connectivity index (χ1n) is 6.78. The lowest BCUT2D eigenvalue weighted by molar-refractivity contribution is -0.0466. The predicted molar refractivity (Wildman–Crippen MR) is 87.1 cm³/mol. The second-order valence-electron chi connectivity index (χ2n) is 4.79. The molecule has 112 valence electrons. The predicted octanol–water partition coefficient (Wildman–Crippen LogP) is 2.77. The molecule has 1 fully saturated rings. The molecule has 1 aromatic carbocycles. The van der Waals surface area contributed by atoms with E-state index in [0.29, 0.717) is 13.2 Å². The Morgan fingerprint density at radius 2 is 2.10 bits per heavy atom. The van der Waals surface area contributed by atoms with E-state index in [4.69, 9.17) is 15.2 Å². The average molecular weight is 408 g/mol. The van der Waals surface area contributed by atoms with Crippen molar-refractivity contribution in [2.24, 2.45) is 5.73 Å². The van der Waals surface area contributed by atoms with Crippen molar-refractivity contribution in [1.29, 1.82) is 0 Å². The van der Waals surface area contributed by atoms with E-state index in [9.17, 15) is 0 Å². The zero-order valence-electron chi connectivity index (χ0n) is 11.6. The first-order valence-corrected chi connectivity index (χ1v) is 8.37. The molecule has 1 unspecified atom stereocenters. The number of benzene rings is 1. The fourth-order valence-corrected chi connectivity index (χ4v) is 3.72. The molecule has 1 aliphatic heterocycles. The smallest absolute Gasteiger partial charge is 0.147 e. The van der Waals surface area contributed by atoms with Crippen LogP contribution >= 0.6 is 31.9 Å². The van der Waals surface area contributed by atoms with Gasteiger partial charge in [-0.05, 0) is 56.1 Å². The van der Waals surface area contributed by atoms with E-state index in [2.05, 4.69) is 43.7 Å². The number of hydrogen-bond acceptors (Lipinski definition) is 4. The van der Waals surface area contributed by atoms with Gasteiger partial charge in [-0.3, -0.25) is 4.90 Å². The summed E-state index contributed by atoms with van der Waals surface area (Å²) in [5.41, 5.74) is 6.71. The fourth-order valence-electron chi connectivity index (χ4n) is 2.21. The minimum Gasteiger partial charge on any atom is -0.488 e. The van der Waals surface area contributed by atoms with Gasteiger partial charge in [-0.15, -0.1) is 0 Å². The molecule has 4 nitrogen and oxygen atoms in total.